The van der Waals surface area contributed by atoms with Crippen molar-refractivity contribution in [3.05, 3.63) is 29.3 Å². The Morgan fingerprint density at radius 3 is 2.50 bits per heavy atom. The second kappa shape index (κ2) is 5.21. The molecule has 0 saturated carbocycles. The standard InChI is InChI=1S/C11H14F3NO/c1-8-7-9(16-6-5-15-2)3-4-10(8)11(12,13)14/h3-4,7,15H,5-6H2,1-2H3. The number of ether oxygens (including phenoxy) is 1. The van der Waals surface area contributed by atoms with Gasteiger partial charge in [0.15, 0.2) is 0 Å². The van der Waals surface area contributed by atoms with Crippen LogP contribution >= 0.6 is 0 Å². The lowest BCUT2D eigenvalue weighted by atomic mass is 10.1. The summed E-state index contributed by atoms with van der Waals surface area (Å²) in [6, 6.07) is 3.79. The fourth-order valence-corrected chi connectivity index (χ4v) is 1.31. The molecule has 0 aliphatic rings. The van der Waals surface area contributed by atoms with Crippen molar-refractivity contribution in [3.8, 4) is 5.75 Å². The number of halogens is 3. The largest absolute Gasteiger partial charge is 0.492 e. The number of alkyl halides is 3. The van der Waals surface area contributed by atoms with Crippen molar-refractivity contribution in [2.75, 3.05) is 20.2 Å². The predicted molar refractivity (Wildman–Crippen MR) is 55.6 cm³/mol. The highest BCUT2D eigenvalue weighted by atomic mass is 19.4. The van der Waals surface area contributed by atoms with Crippen LogP contribution in [0.1, 0.15) is 11.1 Å². The minimum Gasteiger partial charge on any atom is -0.492 e. The number of aryl methyl sites for hydroxylation is 1. The van der Waals surface area contributed by atoms with Crippen LogP contribution in [0.4, 0.5) is 13.2 Å². The second-order valence-corrected chi connectivity index (χ2v) is 3.43. The summed E-state index contributed by atoms with van der Waals surface area (Å²) in [5, 5.41) is 2.88. The summed E-state index contributed by atoms with van der Waals surface area (Å²) < 4.78 is 42.6. The number of nitrogens with one attached hydrogen (secondary N) is 1. The lowest BCUT2D eigenvalue weighted by Gasteiger charge is -2.12. The Balaban J connectivity index is 2.75. The summed E-state index contributed by atoms with van der Waals surface area (Å²) in [7, 11) is 1.78. The first-order valence-electron chi connectivity index (χ1n) is 4.90. The van der Waals surface area contributed by atoms with E-state index in [1.165, 1.54) is 19.1 Å². The smallest absolute Gasteiger partial charge is 0.416 e. The van der Waals surface area contributed by atoms with E-state index in [4.69, 9.17) is 4.74 Å². The maximum atomic E-state index is 12.4. The third-order valence-corrected chi connectivity index (χ3v) is 2.12. The first kappa shape index (κ1) is 12.8. The number of rotatable bonds is 4. The average Bonchev–Trinajstić information content (AvgIpc) is 2.16. The third kappa shape index (κ3) is 3.41. The van der Waals surface area contributed by atoms with Gasteiger partial charge in [-0.05, 0) is 37.7 Å². The van der Waals surface area contributed by atoms with E-state index in [2.05, 4.69) is 5.32 Å². The van der Waals surface area contributed by atoms with E-state index in [9.17, 15) is 13.2 Å². The fraction of sp³-hybridized carbons (Fsp3) is 0.455. The van der Waals surface area contributed by atoms with Gasteiger partial charge in [0.05, 0.1) is 5.56 Å². The molecule has 0 amide bonds. The van der Waals surface area contributed by atoms with Crippen LogP contribution in [0, 0.1) is 6.92 Å². The molecule has 0 unspecified atom stereocenters. The minimum absolute atomic E-state index is 0.175. The molecule has 0 bridgehead atoms. The highest BCUT2D eigenvalue weighted by Crippen LogP contribution is 2.33. The van der Waals surface area contributed by atoms with E-state index in [0.717, 1.165) is 6.07 Å². The van der Waals surface area contributed by atoms with Crippen molar-refractivity contribution in [2.45, 2.75) is 13.1 Å². The zero-order valence-corrected chi connectivity index (χ0v) is 9.19. The van der Waals surface area contributed by atoms with Gasteiger partial charge in [-0.15, -0.1) is 0 Å². The van der Waals surface area contributed by atoms with Crippen LogP contribution < -0.4 is 10.1 Å². The highest BCUT2D eigenvalue weighted by molar-refractivity contribution is 5.36. The second-order valence-electron chi connectivity index (χ2n) is 3.43. The Hall–Kier alpha value is -1.23. The maximum Gasteiger partial charge on any atom is 0.416 e. The molecule has 1 aromatic carbocycles. The van der Waals surface area contributed by atoms with E-state index in [-0.39, 0.29) is 5.56 Å². The normalized spacial score (nSPS) is 11.6. The quantitative estimate of drug-likeness (QED) is 0.807. The van der Waals surface area contributed by atoms with Crippen molar-refractivity contribution < 1.29 is 17.9 Å². The summed E-state index contributed by atoms with van der Waals surface area (Å²) in [6.07, 6.45) is -4.30. The van der Waals surface area contributed by atoms with Crippen LogP contribution in [-0.2, 0) is 6.18 Å². The molecule has 5 heteroatoms. The monoisotopic (exact) mass is 233 g/mol. The van der Waals surface area contributed by atoms with Crippen LogP contribution in [0.15, 0.2) is 18.2 Å². The Morgan fingerprint density at radius 1 is 1.31 bits per heavy atom. The van der Waals surface area contributed by atoms with Gasteiger partial charge in [0.1, 0.15) is 12.4 Å². The molecule has 0 saturated heterocycles. The van der Waals surface area contributed by atoms with Crippen LogP contribution in [0.2, 0.25) is 0 Å². The van der Waals surface area contributed by atoms with E-state index in [1.807, 2.05) is 0 Å². The van der Waals surface area contributed by atoms with Gasteiger partial charge < -0.3 is 10.1 Å². The van der Waals surface area contributed by atoms with Crippen LogP contribution in [0.25, 0.3) is 0 Å². The van der Waals surface area contributed by atoms with Crippen molar-refractivity contribution in [2.24, 2.45) is 0 Å². The third-order valence-electron chi connectivity index (χ3n) is 2.12. The summed E-state index contributed by atoms with van der Waals surface area (Å²) >= 11 is 0. The summed E-state index contributed by atoms with van der Waals surface area (Å²) in [6.45, 7) is 2.51. The lowest BCUT2D eigenvalue weighted by Crippen LogP contribution is -2.16. The Labute approximate surface area is 92.4 Å². The predicted octanol–water partition coefficient (Wildman–Crippen LogP) is 2.61. The molecule has 90 valence electrons. The summed E-state index contributed by atoms with van der Waals surface area (Å²) in [4.78, 5) is 0. The molecular formula is C11H14F3NO. The Morgan fingerprint density at radius 2 is 2.00 bits per heavy atom. The van der Waals surface area contributed by atoms with Gasteiger partial charge in [0.2, 0.25) is 0 Å². The molecule has 0 aliphatic carbocycles. The topological polar surface area (TPSA) is 21.3 Å². The van der Waals surface area contributed by atoms with Gasteiger partial charge in [-0.1, -0.05) is 0 Å². The van der Waals surface area contributed by atoms with Gasteiger partial charge in [-0.2, -0.15) is 13.2 Å². The molecule has 0 atom stereocenters. The first-order valence-corrected chi connectivity index (χ1v) is 4.90. The molecule has 16 heavy (non-hydrogen) atoms. The lowest BCUT2D eigenvalue weighted by molar-refractivity contribution is -0.138. The van der Waals surface area contributed by atoms with E-state index < -0.39 is 11.7 Å². The molecule has 1 aromatic rings. The molecule has 1 N–H and O–H groups in total. The van der Waals surface area contributed by atoms with Gasteiger partial charge in [-0.3, -0.25) is 0 Å². The number of benzene rings is 1. The molecule has 0 aliphatic heterocycles. The molecule has 0 fully saturated rings. The van der Waals surface area contributed by atoms with Gasteiger partial charge in [-0.25, -0.2) is 0 Å². The van der Waals surface area contributed by atoms with Gasteiger partial charge >= 0.3 is 6.18 Å². The van der Waals surface area contributed by atoms with E-state index in [1.54, 1.807) is 7.05 Å². The van der Waals surface area contributed by atoms with Gasteiger partial charge in [0.25, 0.3) is 0 Å². The zero-order valence-electron chi connectivity index (χ0n) is 9.19. The van der Waals surface area contributed by atoms with E-state index >= 15 is 0 Å². The Bertz CT molecular complexity index is 350. The average molecular weight is 233 g/mol. The molecule has 2 nitrogen and oxygen atoms in total. The van der Waals surface area contributed by atoms with Crippen molar-refractivity contribution in [1.29, 1.82) is 0 Å². The summed E-state index contributed by atoms with van der Waals surface area (Å²) in [5.74, 6) is 0.459. The van der Waals surface area contributed by atoms with Crippen LogP contribution in [0.5, 0.6) is 5.75 Å². The summed E-state index contributed by atoms with van der Waals surface area (Å²) in [5.41, 5.74) is -0.442. The number of hydrogen-bond acceptors (Lipinski definition) is 2. The first-order chi connectivity index (χ1) is 7.45. The number of hydrogen-bond donors (Lipinski definition) is 1. The van der Waals surface area contributed by atoms with Crippen molar-refractivity contribution >= 4 is 0 Å². The molecule has 1 rings (SSSR count). The zero-order chi connectivity index (χ0) is 12.2. The van der Waals surface area contributed by atoms with Crippen LogP contribution in [-0.4, -0.2) is 20.2 Å². The minimum atomic E-state index is -4.30. The highest BCUT2D eigenvalue weighted by Gasteiger charge is 2.32. The molecule has 0 spiro atoms. The van der Waals surface area contributed by atoms with Crippen LogP contribution in [0.3, 0.4) is 0 Å². The van der Waals surface area contributed by atoms with E-state index in [0.29, 0.717) is 18.9 Å². The Kier molecular flexibility index (Phi) is 4.18. The molecular weight excluding hydrogens is 219 g/mol. The SMILES string of the molecule is CNCCOc1ccc(C(F)(F)F)c(C)c1. The van der Waals surface area contributed by atoms with Crippen molar-refractivity contribution in [3.63, 3.8) is 0 Å². The molecule has 0 radical (unpaired) electrons. The van der Waals surface area contributed by atoms with Crippen molar-refractivity contribution in [1.82, 2.24) is 5.32 Å². The maximum absolute atomic E-state index is 12.4. The molecule has 0 aromatic heterocycles. The fourth-order valence-electron chi connectivity index (χ4n) is 1.31. The number of likely N-dealkylation sites (N-methyl/N-ethyl adjacent to an activating group) is 1. The van der Waals surface area contributed by atoms with Gasteiger partial charge in [0, 0.05) is 6.54 Å². The molecule has 0 heterocycles.